The van der Waals surface area contributed by atoms with Gasteiger partial charge in [0.05, 0.1) is 0 Å². The number of carbonyl (C=O) groups excluding carboxylic acids is 1. The number of ketones is 1. The van der Waals surface area contributed by atoms with Gasteiger partial charge in [0.25, 0.3) is 0 Å². The highest BCUT2D eigenvalue weighted by Gasteiger charge is 2.22. The molecule has 0 aliphatic heterocycles. The Hall–Kier alpha value is -1.22. The fourth-order valence-electron chi connectivity index (χ4n) is 2.57. The van der Waals surface area contributed by atoms with Gasteiger partial charge in [-0.25, -0.2) is 4.39 Å². The van der Waals surface area contributed by atoms with Gasteiger partial charge in [0.15, 0.2) is 0 Å². The summed E-state index contributed by atoms with van der Waals surface area (Å²) in [5.41, 5.74) is 2.16. The summed E-state index contributed by atoms with van der Waals surface area (Å²) < 4.78 is 13.2. The Bertz CT molecular complexity index is 434. The fourth-order valence-corrected chi connectivity index (χ4v) is 2.57. The number of aryl methyl sites for hydroxylation is 1. The van der Waals surface area contributed by atoms with Gasteiger partial charge in [0, 0.05) is 25.4 Å². The number of hydrogen-bond donors (Lipinski definition) is 0. The van der Waals surface area contributed by atoms with E-state index in [9.17, 15) is 9.18 Å². The summed E-state index contributed by atoms with van der Waals surface area (Å²) in [6.07, 6.45) is 3.25. The number of rotatable bonds is 3. The molecule has 0 amide bonds. The molecule has 0 atom stereocenters. The molecule has 98 valence electrons. The maximum Gasteiger partial charge on any atom is 0.133 e. The van der Waals surface area contributed by atoms with Crippen molar-refractivity contribution >= 4 is 5.78 Å². The lowest BCUT2D eigenvalue weighted by Gasteiger charge is -2.31. The molecule has 3 heteroatoms. The largest absolute Gasteiger partial charge is 0.300 e. The van der Waals surface area contributed by atoms with Crippen LogP contribution in [0.3, 0.4) is 0 Å². The van der Waals surface area contributed by atoms with Crippen LogP contribution in [0.1, 0.15) is 36.8 Å². The van der Waals surface area contributed by atoms with E-state index in [1.54, 1.807) is 6.07 Å². The molecular weight excluding hydrogens is 229 g/mol. The number of benzene rings is 1. The van der Waals surface area contributed by atoms with E-state index in [0.717, 1.165) is 30.5 Å². The van der Waals surface area contributed by atoms with Crippen LogP contribution in [0.4, 0.5) is 4.39 Å². The highest BCUT2D eigenvalue weighted by atomic mass is 19.1. The van der Waals surface area contributed by atoms with Crippen LogP contribution in [0.5, 0.6) is 0 Å². The molecule has 1 aliphatic rings. The van der Waals surface area contributed by atoms with Gasteiger partial charge in [-0.1, -0.05) is 6.07 Å². The number of carbonyl (C=O) groups is 1. The first-order valence-electron chi connectivity index (χ1n) is 6.53. The lowest BCUT2D eigenvalue weighted by atomic mass is 9.93. The van der Waals surface area contributed by atoms with E-state index in [4.69, 9.17) is 0 Å². The highest BCUT2D eigenvalue weighted by Crippen LogP contribution is 2.22. The van der Waals surface area contributed by atoms with Crippen LogP contribution in [0.25, 0.3) is 0 Å². The molecule has 0 bridgehead atoms. The summed E-state index contributed by atoms with van der Waals surface area (Å²) >= 11 is 0. The lowest BCUT2D eigenvalue weighted by Crippen LogP contribution is -2.35. The third-order valence-electron chi connectivity index (χ3n) is 3.87. The van der Waals surface area contributed by atoms with Crippen molar-refractivity contribution in [2.24, 2.45) is 0 Å². The topological polar surface area (TPSA) is 20.3 Å². The molecule has 1 fully saturated rings. The average molecular weight is 249 g/mol. The number of halogens is 1. The second kappa shape index (κ2) is 5.61. The van der Waals surface area contributed by atoms with Crippen LogP contribution >= 0.6 is 0 Å². The third kappa shape index (κ3) is 3.16. The predicted octanol–water partition coefficient (Wildman–Crippen LogP) is 3.08. The Morgan fingerprint density at radius 2 is 2.00 bits per heavy atom. The first kappa shape index (κ1) is 13.2. The van der Waals surface area contributed by atoms with Crippen LogP contribution in [0.2, 0.25) is 0 Å². The first-order chi connectivity index (χ1) is 8.56. The van der Waals surface area contributed by atoms with Crippen molar-refractivity contribution in [1.29, 1.82) is 0 Å². The molecule has 2 rings (SSSR count). The molecule has 0 radical (unpaired) electrons. The molecule has 2 nitrogen and oxygen atoms in total. The minimum absolute atomic E-state index is 0.178. The molecule has 0 aromatic heterocycles. The Morgan fingerprint density at radius 3 is 2.67 bits per heavy atom. The van der Waals surface area contributed by atoms with E-state index in [2.05, 4.69) is 11.9 Å². The minimum Gasteiger partial charge on any atom is -0.300 e. The van der Waals surface area contributed by atoms with E-state index >= 15 is 0 Å². The maximum absolute atomic E-state index is 13.2. The zero-order chi connectivity index (χ0) is 13.1. The second-order valence-corrected chi connectivity index (χ2v) is 5.26. The molecule has 18 heavy (non-hydrogen) atoms. The normalized spacial score (nSPS) is 17.4. The molecule has 0 spiro atoms. The average Bonchev–Trinajstić information content (AvgIpc) is 2.34. The molecule has 1 saturated carbocycles. The fraction of sp³-hybridized carbons (Fsp3) is 0.533. The summed E-state index contributed by atoms with van der Waals surface area (Å²) in [5.74, 6) is 0.199. The molecule has 0 heterocycles. The van der Waals surface area contributed by atoms with E-state index in [1.807, 2.05) is 13.0 Å². The maximum atomic E-state index is 13.2. The lowest BCUT2D eigenvalue weighted by molar-refractivity contribution is -0.121. The standard InChI is InChI=1S/C15H20FNO/c1-11-3-4-13(16)9-12(11)10-17(2)14-5-7-15(18)8-6-14/h3-4,9,14H,5-8,10H2,1-2H3. The van der Waals surface area contributed by atoms with Crippen LogP contribution < -0.4 is 0 Å². The van der Waals surface area contributed by atoms with Crippen molar-refractivity contribution in [3.05, 3.63) is 35.1 Å². The summed E-state index contributed by atoms with van der Waals surface area (Å²) in [4.78, 5) is 13.5. The van der Waals surface area contributed by atoms with E-state index in [0.29, 0.717) is 24.7 Å². The Labute approximate surface area is 108 Å². The quantitative estimate of drug-likeness (QED) is 0.820. The monoisotopic (exact) mass is 249 g/mol. The zero-order valence-electron chi connectivity index (χ0n) is 11.1. The second-order valence-electron chi connectivity index (χ2n) is 5.26. The van der Waals surface area contributed by atoms with Crippen molar-refractivity contribution < 1.29 is 9.18 Å². The Kier molecular flexibility index (Phi) is 4.12. The first-order valence-corrected chi connectivity index (χ1v) is 6.53. The molecule has 0 unspecified atom stereocenters. The molecule has 1 aromatic rings. The number of nitrogens with zero attached hydrogens (tertiary/aromatic N) is 1. The molecule has 0 N–H and O–H groups in total. The summed E-state index contributed by atoms with van der Waals surface area (Å²) in [6.45, 7) is 2.76. The third-order valence-corrected chi connectivity index (χ3v) is 3.87. The summed E-state index contributed by atoms with van der Waals surface area (Å²) in [5, 5.41) is 0. The van der Waals surface area contributed by atoms with E-state index in [-0.39, 0.29) is 5.82 Å². The van der Waals surface area contributed by atoms with Gasteiger partial charge >= 0.3 is 0 Å². The highest BCUT2D eigenvalue weighted by molar-refractivity contribution is 5.79. The Balaban J connectivity index is 2.00. The van der Waals surface area contributed by atoms with Crippen molar-refractivity contribution in [2.75, 3.05) is 7.05 Å². The summed E-state index contributed by atoms with van der Waals surface area (Å²) in [6, 6.07) is 5.38. The minimum atomic E-state index is -0.178. The van der Waals surface area contributed by atoms with Gasteiger partial charge in [0.2, 0.25) is 0 Å². The molecule has 1 aromatic carbocycles. The van der Waals surface area contributed by atoms with Crippen molar-refractivity contribution in [3.8, 4) is 0 Å². The van der Waals surface area contributed by atoms with Gasteiger partial charge in [-0.05, 0) is 50.1 Å². The SMILES string of the molecule is Cc1ccc(F)cc1CN(C)C1CCC(=O)CC1. The predicted molar refractivity (Wildman–Crippen MR) is 69.9 cm³/mol. The van der Waals surface area contributed by atoms with Gasteiger partial charge in [-0.15, -0.1) is 0 Å². The van der Waals surface area contributed by atoms with E-state index in [1.165, 1.54) is 6.07 Å². The van der Waals surface area contributed by atoms with Gasteiger partial charge in [-0.2, -0.15) is 0 Å². The Morgan fingerprint density at radius 1 is 1.33 bits per heavy atom. The van der Waals surface area contributed by atoms with Crippen LogP contribution in [-0.2, 0) is 11.3 Å². The van der Waals surface area contributed by atoms with Crippen molar-refractivity contribution in [3.63, 3.8) is 0 Å². The van der Waals surface area contributed by atoms with Gasteiger partial charge in [-0.3, -0.25) is 9.69 Å². The van der Waals surface area contributed by atoms with Crippen molar-refractivity contribution in [2.45, 2.75) is 45.2 Å². The molecule has 0 saturated heterocycles. The summed E-state index contributed by atoms with van der Waals surface area (Å²) in [7, 11) is 2.06. The van der Waals surface area contributed by atoms with Gasteiger partial charge < -0.3 is 0 Å². The molecule has 1 aliphatic carbocycles. The number of hydrogen-bond acceptors (Lipinski definition) is 2. The van der Waals surface area contributed by atoms with Crippen LogP contribution in [0, 0.1) is 12.7 Å². The smallest absolute Gasteiger partial charge is 0.133 e. The van der Waals surface area contributed by atoms with Crippen molar-refractivity contribution in [1.82, 2.24) is 4.90 Å². The van der Waals surface area contributed by atoms with Gasteiger partial charge in [0.1, 0.15) is 11.6 Å². The number of Topliss-reactive ketones (excluding diaryl/α,β-unsaturated/α-hetero) is 1. The van der Waals surface area contributed by atoms with Crippen LogP contribution in [0.15, 0.2) is 18.2 Å². The van der Waals surface area contributed by atoms with Crippen LogP contribution in [-0.4, -0.2) is 23.8 Å². The zero-order valence-corrected chi connectivity index (χ0v) is 11.1. The molecular formula is C15H20FNO. The van der Waals surface area contributed by atoms with E-state index < -0.39 is 0 Å².